The van der Waals surface area contributed by atoms with Gasteiger partial charge in [-0.05, 0) is 65.9 Å². The van der Waals surface area contributed by atoms with Crippen molar-refractivity contribution in [1.82, 2.24) is 4.90 Å². The van der Waals surface area contributed by atoms with E-state index in [9.17, 15) is 18.0 Å². The average Bonchev–Trinajstić information content (AvgIpc) is 2.80. The van der Waals surface area contributed by atoms with E-state index in [2.05, 4.69) is 4.74 Å². The number of amides is 1. The van der Waals surface area contributed by atoms with Crippen molar-refractivity contribution >= 4 is 18.7 Å². The first-order chi connectivity index (χ1) is 14.8. The van der Waals surface area contributed by atoms with Crippen LogP contribution in [0.25, 0.3) is 0 Å². The summed E-state index contributed by atoms with van der Waals surface area (Å²) in [5.41, 5.74) is -1.44. The van der Waals surface area contributed by atoms with Gasteiger partial charge < -0.3 is 23.7 Å². The molecule has 1 amide bonds. The van der Waals surface area contributed by atoms with Crippen LogP contribution >= 0.6 is 0 Å². The van der Waals surface area contributed by atoms with E-state index in [1.165, 1.54) is 17.0 Å². The molecule has 0 saturated carbocycles. The number of halogens is 3. The Balaban J connectivity index is 2.39. The SMILES string of the molecule is CC(C)CN(Cc1ccc(B2OC(C)(C)C(C)(C)O2)cc1OC(F)(F)F)C(=O)OC(C)(C)C. The van der Waals surface area contributed by atoms with Crippen molar-refractivity contribution in [2.24, 2.45) is 5.92 Å². The van der Waals surface area contributed by atoms with Gasteiger partial charge in [-0.25, -0.2) is 4.79 Å². The van der Waals surface area contributed by atoms with Crippen LogP contribution in [0.2, 0.25) is 0 Å². The van der Waals surface area contributed by atoms with Crippen LogP contribution in [0, 0.1) is 5.92 Å². The number of hydrogen-bond donors (Lipinski definition) is 0. The van der Waals surface area contributed by atoms with Crippen LogP contribution in [0.4, 0.5) is 18.0 Å². The largest absolute Gasteiger partial charge is 0.573 e. The van der Waals surface area contributed by atoms with E-state index in [0.717, 1.165) is 0 Å². The highest BCUT2D eigenvalue weighted by molar-refractivity contribution is 6.62. The molecule has 0 N–H and O–H groups in total. The van der Waals surface area contributed by atoms with E-state index >= 15 is 0 Å². The molecular formula is C23H35BF3NO5. The fourth-order valence-electron chi connectivity index (χ4n) is 3.22. The number of carbonyl (C=O) groups excluding carboxylic acids is 1. The fraction of sp³-hybridized carbons (Fsp3) is 0.696. The van der Waals surface area contributed by atoms with Gasteiger partial charge in [0.25, 0.3) is 0 Å². The van der Waals surface area contributed by atoms with Gasteiger partial charge in [0, 0.05) is 12.1 Å². The number of ether oxygens (including phenoxy) is 2. The first-order valence-corrected chi connectivity index (χ1v) is 11.0. The Morgan fingerprint density at radius 2 is 1.64 bits per heavy atom. The van der Waals surface area contributed by atoms with E-state index in [0.29, 0.717) is 12.0 Å². The third kappa shape index (κ3) is 7.53. The van der Waals surface area contributed by atoms with Gasteiger partial charge >= 0.3 is 19.6 Å². The van der Waals surface area contributed by atoms with Gasteiger partial charge in [0.2, 0.25) is 0 Å². The van der Waals surface area contributed by atoms with Crippen LogP contribution in [-0.4, -0.2) is 47.8 Å². The second kappa shape index (κ2) is 9.37. The van der Waals surface area contributed by atoms with Crippen molar-refractivity contribution in [3.8, 4) is 5.75 Å². The summed E-state index contributed by atoms with van der Waals surface area (Å²) in [6.07, 6.45) is -5.51. The summed E-state index contributed by atoms with van der Waals surface area (Å²) in [6.45, 7) is 16.7. The van der Waals surface area contributed by atoms with Crippen LogP contribution in [0.15, 0.2) is 18.2 Å². The lowest BCUT2D eigenvalue weighted by Gasteiger charge is -2.32. The van der Waals surface area contributed by atoms with E-state index < -0.39 is 42.1 Å². The lowest BCUT2D eigenvalue weighted by molar-refractivity contribution is -0.274. The molecule has 2 rings (SSSR count). The van der Waals surface area contributed by atoms with Gasteiger partial charge in [0.1, 0.15) is 11.4 Å². The van der Waals surface area contributed by atoms with Crippen molar-refractivity contribution in [2.75, 3.05) is 6.54 Å². The predicted octanol–water partition coefficient (Wildman–Crippen LogP) is 5.28. The number of alkyl halides is 3. The summed E-state index contributed by atoms with van der Waals surface area (Å²) in [6, 6.07) is 4.39. The summed E-state index contributed by atoms with van der Waals surface area (Å²) in [5.74, 6) is -0.333. The summed E-state index contributed by atoms with van der Waals surface area (Å²) >= 11 is 0. The summed E-state index contributed by atoms with van der Waals surface area (Å²) < 4.78 is 61.3. The molecule has 1 aromatic carbocycles. The van der Waals surface area contributed by atoms with E-state index in [1.54, 1.807) is 26.8 Å². The van der Waals surface area contributed by atoms with Crippen LogP contribution in [0.3, 0.4) is 0 Å². The lowest BCUT2D eigenvalue weighted by atomic mass is 9.78. The topological polar surface area (TPSA) is 57.2 Å². The summed E-state index contributed by atoms with van der Waals surface area (Å²) in [5, 5.41) is 0. The molecule has 10 heteroatoms. The molecule has 0 bridgehead atoms. The van der Waals surface area contributed by atoms with Crippen molar-refractivity contribution < 1.29 is 36.7 Å². The molecule has 1 fully saturated rings. The van der Waals surface area contributed by atoms with Crippen molar-refractivity contribution in [2.45, 2.75) is 92.0 Å². The number of carbonyl (C=O) groups is 1. The normalized spacial score (nSPS) is 17.9. The van der Waals surface area contributed by atoms with E-state index in [4.69, 9.17) is 14.0 Å². The maximum absolute atomic E-state index is 13.2. The zero-order valence-electron chi connectivity index (χ0n) is 20.9. The van der Waals surface area contributed by atoms with E-state index in [1.807, 2.05) is 41.5 Å². The van der Waals surface area contributed by atoms with Crippen LogP contribution in [-0.2, 0) is 20.6 Å². The third-order valence-corrected chi connectivity index (χ3v) is 5.44. The molecule has 0 unspecified atom stereocenters. The highest BCUT2D eigenvalue weighted by Crippen LogP contribution is 2.37. The van der Waals surface area contributed by atoms with Crippen molar-refractivity contribution in [3.63, 3.8) is 0 Å². The van der Waals surface area contributed by atoms with Crippen LogP contribution < -0.4 is 10.2 Å². The maximum Gasteiger partial charge on any atom is 0.573 e. The number of rotatable bonds is 6. The van der Waals surface area contributed by atoms with Crippen molar-refractivity contribution in [3.05, 3.63) is 23.8 Å². The van der Waals surface area contributed by atoms with Gasteiger partial charge in [0.15, 0.2) is 0 Å². The van der Waals surface area contributed by atoms with Gasteiger partial charge in [-0.15, -0.1) is 13.2 Å². The Kier molecular flexibility index (Phi) is 7.75. The van der Waals surface area contributed by atoms with Crippen molar-refractivity contribution in [1.29, 1.82) is 0 Å². The average molecular weight is 473 g/mol. The molecule has 1 aliphatic heterocycles. The molecule has 1 aliphatic rings. The molecular weight excluding hydrogens is 438 g/mol. The highest BCUT2D eigenvalue weighted by Gasteiger charge is 2.52. The van der Waals surface area contributed by atoms with Gasteiger partial charge in [-0.2, -0.15) is 0 Å². The molecule has 0 radical (unpaired) electrons. The summed E-state index contributed by atoms with van der Waals surface area (Å²) in [4.78, 5) is 14.1. The minimum absolute atomic E-state index is 0.0773. The molecule has 0 atom stereocenters. The Morgan fingerprint density at radius 3 is 2.09 bits per heavy atom. The first-order valence-electron chi connectivity index (χ1n) is 11.0. The standard InChI is InChI=1S/C23H35BF3NO5/c1-15(2)13-28(19(29)31-20(3,4)5)14-16-10-11-17(12-18(16)30-23(25,26)27)24-32-21(6,7)22(8,9)33-24/h10-12,15H,13-14H2,1-9H3. The molecule has 1 saturated heterocycles. The number of benzene rings is 1. The fourth-order valence-corrected chi connectivity index (χ4v) is 3.22. The van der Waals surface area contributed by atoms with Gasteiger partial charge in [-0.3, -0.25) is 0 Å². The van der Waals surface area contributed by atoms with Crippen LogP contribution in [0.1, 0.15) is 67.9 Å². The van der Waals surface area contributed by atoms with E-state index in [-0.39, 0.29) is 18.0 Å². The zero-order chi connectivity index (χ0) is 25.4. The predicted molar refractivity (Wildman–Crippen MR) is 120 cm³/mol. The molecule has 1 aromatic rings. The number of nitrogens with zero attached hydrogens (tertiary/aromatic N) is 1. The quantitative estimate of drug-likeness (QED) is 0.527. The second-order valence-electron chi connectivity index (χ2n) is 10.8. The maximum atomic E-state index is 13.2. The Hall–Kier alpha value is -1.94. The molecule has 1 heterocycles. The first kappa shape index (κ1) is 27.3. The lowest BCUT2D eigenvalue weighted by Crippen LogP contribution is -2.41. The van der Waals surface area contributed by atoms with Crippen LogP contribution in [0.5, 0.6) is 5.75 Å². The monoisotopic (exact) mass is 473 g/mol. The molecule has 186 valence electrons. The Morgan fingerprint density at radius 1 is 1.09 bits per heavy atom. The summed E-state index contributed by atoms with van der Waals surface area (Å²) in [7, 11) is -0.850. The highest BCUT2D eigenvalue weighted by atomic mass is 19.4. The molecule has 0 aromatic heterocycles. The van der Waals surface area contributed by atoms with Gasteiger partial charge in [0.05, 0.1) is 17.7 Å². The molecule has 33 heavy (non-hydrogen) atoms. The Labute approximate surface area is 194 Å². The minimum atomic E-state index is -4.90. The zero-order valence-corrected chi connectivity index (χ0v) is 20.9. The van der Waals surface area contributed by atoms with Gasteiger partial charge in [-0.1, -0.05) is 26.0 Å². The smallest absolute Gasteiger partial charge is 0.444 e. The Bertz CT molecular complexity index is 833. The molecule has 0 spiro atoms. The number of hydrogen-bond acceptors (Lipinski definition) is 5. The second-order valence-corrected chi connectivity index (χ2v) is 10.8. The molecule has 6 nitrogen and oxygen atoms in total. The molecule has 0 aliphatic carbocycles. The minimum Gasteiger partial charge on any atom is -0.444 e. The third-order valence-electron chi connectivity index (χ3n) is 5.44.